The smallest absolute Gasteiger partial charge is 0.345 e. The Morgan fingerprint density at radius 1 is 0.885 bits per heavy atom. The Hall–Kier alpha value is -2.98. The molecule has 0 fully saturated rings. The van der Waals surface area contributed by atoms with Gasteiger partial charge in [-0.25, -0.2) is 4.79 Å². The lowest BCUT2D eigenvalue weighted by Gasteiger charge is -2.18. The first-order valence-corrected chi connectivity index (χ1v) is 8.46. The Morgan fingerprint density at radius 3 is 2.19 bits per heavy atom. The highest BCUT2D eigenvalue weighted by molar-refractivity contribution is 6.32. The van der Waals surface area contributed by atoms with Crippen LogP contribution in [0.2, 0.25) is 5.02 Å². The van der Waals surface area contributed by atoms with Crippen molar-refractivity contribution in [3.05, 3.63) is 89.4 Å². The van der Waals surface area contributed by atoms with Gasteiger partial charge in [-0.15, -0.1) is 0 Å². The van der Waals surface area contributed by atoms with Crippen molar-refractivity contribution in [2.75, 3.05) is 0 Å². The first-order valence-electron chi connectivity index (χ1n) is 8.08. The van der Waals surface area contributed by atoms with Crippen LogP contribution in [0, 0.1) is 0 Å². The van der Waals surface area contributed by atoms with Crippen molar-refractivity contribution < 1.29 is 19.4 Å². The predicted molar refractivity (Wildman–Crippen MR) is 100 cm³/mol. The van der Waals surface area contributed by atoms with E-state index in [-0.39, 0.29) is 6.42 Å². The zero-order chi connectivity index (χ0) is 18.4. The van der Waals surface area contributed by atoms with E-state index < -0.39 is 12.1 Å². The molecule has 0 saturated carbocycles. The minimum atomic E-state index is -1.09. The van der Waals surface area contributed by atoms with Crippen LogP contribution in [0.5, 0.6) is 17.2 Å². The van der Waals surface area contributed by atoms with Crippen LogP contribution in [0.25, 0.3) is 0 Å². The van der Waals surface area contributed by atoms with E-state index in [1.54, 1.807) is 30.3 Å². The topological polar surface area (TPSA) is 55.8 Å². The highest BCUT2D eigenvalue weighted by Crippen LogP contribution is 2.29. The SMILES string of the molecule is O=C(O)C(Cc1ccccc1Oc1ccccc1)Oc1ccccc1Cl. The number of carboxylic acid groups (broad SMARTS) is 1. The fraction of sp³-hybridized carbons (Fsp3) is 0.0952. The summed E-state index contributed by atoms with van der Waals surface area (Å²) < 4.78 is 11.5. The van der Waals surface area contributed by atoms with Gasteiger partial charge in [-0.2, -0.15) is 0 Å². The zero-order valence-electron chi connectivity index (χ0n) is 13.8. The first-order chi connectivity index (χ1) is 12.6. The molecular weight excluding hydrogens is 352 g/mol. The van der Waals surface area contributed by atoms with Gasteiger partial charge < -0.3 is 14.6 Å². The second-order valence-electron chi connectivity index (χ2n) is 5.60. The minimum absolute atomic E-state index is 0.142. The summed E-state index contributed by atoms with van der Waals surface area (Å²) in [4.78, 5) is 11.7. The second kappa shape index (κ2) is 8.41. The molecule has 26 heavy (non-hydrogen) atoms. The summed E-state index contributed by atoms with van der Waals surface area (Å²) in [6, 6.07) is 23.4. The van der Waals surface area contributed by atoms with Crippen molar-refractivity contribution >= 4 is 17.6 Å². The van der Waals surface area contributed by atoms with E-state index in [1.807, 2.05) is 48.5 Å². The van der Waals surface area contributed by atoms with Gasteiger partial charge in [0.25, 0.3) is 0 Å². The molecule has 3 rings (SSSR count). The molecule has 3 aromatic rings. The zero-order valence-corrected chi connectivity index (χ0v) is 14.6. The molecule has 5 heteroatoms. The van der Waals surface area contributed by atoms with Crippen molar-refractivity contribution in [3.63, 3.8) is 0 Å². The molecule has 4 nitrogen and oxygen atoms in total. The number of hydrogen-bond acceptors (Lipinski definition) is 3. The van der Waals surface area contributed by atoms with Crippen LogP contribution in [-0.4, -0.2) is 17.2 Å². The fourth-order valence-electron chi connectivity index (χ4n) is 2.46. The van der Waals surface area contributed by atoms with Gasteiger partial charge in [-0.1, -0.05) is 60.1 Å². The monoisotopic (exact) mass is 368 g/mol. The maximum atomic E-state index is 11.7. The molecule has 1 unspecified atom stereocenters. The number of ether oxygens (including phenoxy) is 2. The highest BCUT2D eigenvalue weighted by Gasteiger charge is 2.23. The highest BCUT2D eigenvalue weighted by atomic mass is 35.5. The number of benzene rings is 3. The van der Waals surface area contributed by atoms with Crippen molar-refractivity contribution in [1.29, 1.82) is 0 Å². The molecule has 1 atom stereocenters. The van der Waals surface area contributed by atoms with Crippen LogP contribution in [0.1, 0.15) is 5.56 Å². The van der Waals surface area contributed by atoms with E-state index in [2.05, 4.69) is 0 Å². The molecule has 0 aliphatic heterocycles. The Kier molecular flexibility index (Phi) is 5.77. The van der Waals surface area contributed by atoms with Gasteiger partial charge in [-0.05, 0) is 35.9 Å². The summed E-state index contributed by atoms with van der Waals surface area (Å²) in [6.45, 7) is 0. The van der Waals surface area contributed by atoms with Crippen LogP contribution in [0.4, 0.5) is 0 Å². The number of aliphatic carboxylic acids is 1. The third kappa shape index (κ3) is 4.55. The number of halogens is 1. The normalized spacial score (nSPS) is 11.6. The summed E-state index contributed by atoms with van der Waals surface area (Å²) in [6.07, 6.45) is -0.945. The third-order valence-electron chi connectivity index (χ3n) is 3.73. The number of rotatable bonds is 7. The quantitative estimate of drug-likeness (QED) is 0.622. The number of para-hydroxylation sites is 3. The number of hydrogen-bond donors (Lipinski definition) is 1. The molecular formula is C21H17ClO4. The Labute approximate surface area is 156 Å². The molecule has 3 aromatic carbocycles. The maximum Gasteiger partial charge on any atom is 0.345 e. The Morgan fingerprint density at radius 2 is 1.50 bits per heavy atom. The predicted octanol–water partition coefficient (Wildman–Crippen LogP) is 5.21. The van der Waals surface area contributed by atoms with E-state index in [1.165, 1.54) is 0 Å². The first kappa shape index (κ1) is 17.8. The second-order valence-corrected chi connectivity index (χ2v) is 6.01. The summed E-state index contributed by atoms with van der Waals surface area (Å²) in [5.41, 5.74) is 0.732. The molecule has 0 heterocycles. The maximum absolute atomic E-state index is 11.7. The largest absolute Gasteiger partial charge is 0.478 e. The molecule has 0 spiro atoms. The van der Waals surface area contributed by atoms with Crippen LogP contribution in [-0.2, 0) is 11.2 Å². The van der Waals surface area contributed by atoms with Crippen molar-refractivity contribution in [1.82, 2.24) is 0 Å². The molecule has 0 saturated heterocycles. The van der Waals surface area contributed by atoms with Gasteiger partial charge in [-0.3, -0.25) is 0 Å². The summed E-state index contributed by atoms with van der Waals surface area (Å²) in [5, 5.41) is 9.93. The van der Waals surface area contributed by atoms with Crippen molar-refractivity contribution in [2.45, 2.75) is 12.5 Å². The molecule has 0 aromatic heterocycles. The molecule has 0 aliphatic carbocycles. The van der Waals surface area contributed by atoms with E-state index >= 15 is 0 Å². The number of carboxylic acids is 1. The standard InChI is InChI=1S/C21H17ClO4/c22-17-11-5-7-13-19(17)26-20(21(23)24)14-15-8-4-6-12-18(15)25-16-9-2-1-3-10-16/h1-13,20H,14H2,(H,23,24). The summed E-state index contributed by atoms with van der Waals surface area (Å²) in [7, 11) is 0. The van der Waals surface area contributed by atoms with E-state index in [0.717, 1.165) is 5.56 Å². The molecule has 1 N–H and O–H groups in total. The van der Waals surface area contributed by atoms with Gasteiger partial charge >= 0.3 is 5.97 Å². The van der Waals surface area contributed by atoms with Gasteiger partial charge in [0.1, 0.15) is 17.2 Å². The van der Waals surface area contributed by atoms with Crippen molar-refractivity contribution in [2.24, 2.45) is 0 Å². The Balaban J connectivity index is 1.81. The third-order valence-corrected chi connectivity index (χ3v) is 4.04. The molecule has 132 valence electrons. The van der Waals surface area contributed by atoms with Gasteiger partial charge in [0.05, 0.1) is 5.02 Å². The Bertz CT molecular complexity index is 880. The van der Waals surface area contributed by atoms with Crippen molar-refractivity contribution in [3.8, 4) is 17.2 Å². The van der Waals surface area contributed by atoms with Gasteiger partial charge in [0, 0.05) is 6.42 Å². The summed E-state index contributed by atoms with van der Waals surface area (Å²) >= 11 is 6.07. The van der Waals surface area contributed by atoms with Gasteiger partial charge in [0.2, 0.25) is 0 Å². The van der Waals surface area contributed by atoms with Gasteiger partial charge in [0.15, 0.2) is 6.10 Å². The molecule has 0 bridgehead atoms. The molecule has 0 aliphatic rings. The van der Waals surface area contributed by atoms with Crippen LogP contribution in [0.15, 0.2) is 78.9 Å². The average Bonchev–Trinajstić information content (AvgIpc) is 2.65. The van der Waals surface area contributed by atoms with E-state index in [4.69, 9.17) is 21.1 Å². The minimum Gasteiger partial charge on any atom is -0.478 e. The lowest BCUT2D eigenvalue weighted by atomic mass is 10.1. The summed E-state index contributed by atoms with van der Waals surface area (Å²) in [5.74, 6) is 0.536. The van der Waals surface area contributed by atoms with E-state index in [9.17, 15) is 9.90 Å². The number of carbonyl (C=O) groups is 1. The lowest BCUT2D eigenvalue weighted by Crippen LogP contribution is -2.29. The lowest BCUT2D eigenvalue weighted by molar-refractivity contribution is -0.145. The average molecular weight is 369 g/mol. The van der Waals surface area contributed by atoms with E-state index in [0.29, 0.717) is 22.3 Å². The van der Waals surface area contributed by atoms with Crippen LogP contribution >= 0.6 is 11.6 Å². The molecule has 0 radical (unpaired) electrons. The molecule has 0 amide bonds. The van der Waals surface area contributed by atoms with Crippen LogP contribution in [0.3, 0.4) is 0 Å². The fourth-order valence-corrected chi connectivity index (χ4v) is 2.64. The van der Waals surface area contributed by atoms with Crippen LogP contribution < -0.4 is 9.47 Å².